The molecular formula is C15H26N4O2. The fourth-order valence-electron chi connectivity index (χ4n) is 4.17. The molecule has 3 aliphatic rings. The van der Waals surface area contributed by atoms with E-state index < -0.39 is 0 Å². The van der Waals surface area contributed by atoms with Crippen molar-refractivity contribution in [3.8, 4) is 0 Å². The maximum absolute atomic E-state index is 12.3. The number of carbonyl (C=O) groups excluding carboxylic acids is 1. The molecule has 118 valence electrons. The number of amidine groups is 1. The standard InChI is InChI=1S/C15H26N4O2/c16-13(18-21)9-19-7-5-10(6-8-19)17-15(20)14-11-3-1-2-4-12(11)14/h10-12,14,21H,1-9H2,(H2,16,18)(H,17,20). The first-order valence-electron chi connectivity index (χ1n) is 8.18. The van der Waals surface area contributed by atoms with Gasteiger partial charge in [0.2, 0.25) is 5.91 Å². The lowest BCUT2D eigenvalue weighted by atomic mass is 10.0. The van der Waals surface area contributed by atoms with E-state index in [0.29, 0.717) is 36.2 Å². The third-order valence-electron chi connectivity index (χ3n) is 5.41. The maximum Gasteiger partial charge on any atom is 0.223 e. The van der Waals surface area contributed by atoms with Gasteiger partial charge in [-0.05, 0) is 37.5 Å². The summed E-state index contributed by atoms with van der Waals surface area (Å²) in [5, 5.41) is 14.8. The zero-order valence-electron chi connectivity index (χ0n) is 12.5. The van der Waals surface area contributed by atoms with Gasteiger partial charge in [0.1, 0.15) is 0 Å². The largest absolute Gasteiger partial charge is 0.409 e. The first-order valence-corrected chi connectivity index (χ1v) is 8.18. The molecule has 0 aromatic heterocycles. The van der Waals surface area contributed by atoms with E-state index in [2.05, 4.69) is 15.4 Å². The van der Waals surface area contributed by atoms with Crippen LogP contribution in [0, 0.1) is 17.8 Å². The summed E-state index contributed by atoms with van der Waals surface area (Å²) >= 11 is 0. The summed E-state index contributed by atoms with van der Waals surface area (Å²) in [5.74, 6) is 2.21. The number of amides is 1. The first kappa shape index (κ1) is 14.6. The van der Waals surface area contributed by atoms with Crippen LogP contribution < -0.4 is 11.1 Å². The summed E-state index contributed by atoms with van der Waals surface area (Å²) in [4.78, 5) is 14.5. The zero-order valence-corrected chi connectivity index (χ0v) is 12.5. The summed E-state index contributed by atoms with van der Waals surface area (Å²) in [6.07, 6.45) is 7.01. The summed E-state index contributed by atoms with van der Waals surface area (Å²) in [5.41, 5.74) is 5.52. The van der Waals surface area contributed by atoms with E-state index >= 15 is 0 Å². The molecule has 0 bridgehead atoms. The predicted octanol–water partition coefficient (Wildman–Crippen LogP) is 0.750. The third kappa shape index (κ3) is 3.31. The minimum atomic E-state index is 0.250. The van der Waals surface area contributed by atoms with Crippen molar-refractivity contribution in [2.75, 3.05) is 19.6 Å². The Balaban J connectivity index is 1.40. The molecule has 2 atom stereocenters. The van der Waals surface area contributed by atoms with Crippen LogP contribution in [0.15, 0.2) is 5.16 Å². The van der Waals surface area contributed by atoms with E-state index in [1.165, 1.54) is 25.7 Å². The van der Waals surface area contributed by atoms with Crippen LogP contribution in [0.3, 0.4) is 0 Å². The molecule has 2 saturated carbocycles. The molecule has 6 heteroatoms. The van der Waals surface area contributed by atoms with Gasteiger partial charge in [-0.2, -0.15) is 0 Å². The second-order valence-corrected chi connectivity index (χ2v) is 6.79. The molecule has 1 heterocycles. The van der Waals surface area contributed by atoms with Crippen molar-refractivity contribution in [1.29, 1.82) is 0 Å². The van der Waals surface area contributed by atoms with Gasteiger partial charge in [-0.1, -0.05) is 18.0 Å². The van der Waals surface area contributed by atoms with E-state index in [1.54, 1.807) is 0 Å². The SMILES string of the molecule is NC(CN1CCC(NC(=O)C2C3CCCCC32)CC1)=NO. The van der Waals surface area contributed by atoms with Crippen LogP contribution in [0.4, 0.5) is 0 Å². The van der Waals surface area contributed by atoms with Gasteiger partial charge in [0.25, 0.3) is 0 Å². The Morgan fingerprint density at radius 1 is 1.19 bits per heavy atom. The molecule has 21 heavy (non-hydrogen) atoms. The highest BCUT2D eigenvalue weighted by molar-refractivity contribution is 5.82. The Morgan fingerprint density at radius 3 is 2.38 bits per heavy atom. The van der Waals surface area contributed by atoms with Crippen molar-refractivity contribution < 1.29 is 10.0 Å². The van der Waals surface area contributed by atoms with Gasteiger partial charge >= 0.3 is 0 Å². The predicted molar refractivity (Wildman–Crippen MR) is 80.0 cm³/mol. The van der Waals surface area contributed by atoms with Gasteiger partial charge in [0, 0.05) is 25.0 Å². The minimum Gasteiger partial charge on any atom is -0.409 e. The number of likely N-dealkylation sites (tertiary alicyclic amines) is 1. The Kier molecular flexibility index (Phi) is 4.33. The fourth-order valence-corrected chi connectivity index (χ4v) is 4.17. The highest BCUT2D eigenvalue weighted by Gasteiger charge is 2.54. The van der Waals surface area contributed by atoms with Crippen LogP contribution in [0.25, 0.3) is 0 Å². The molecule has 1 saturated heterocycles. The minimum absolute atomic E-state index is 0.250. The van der Waals surface area contributed by atoms with Crippen molar-refractivity contribution in [3.05, 3.63) is 0 Å². The van der Waals surface area contributed by atoms with E-state index in [4.69, 9.17) is 10.9 Å². The second-order valence-electron chi connectivity index (χ2n) is 6.79. The fraction of sp³-hybridized carbons (Fsp3) is 0.867. The lowest BCUT2D eigenvalue weighted by Gasteiger charge is -2.31. The van der Waals surface area contributed by atoms with Crippen LogP contribution in [0.5, 0.6) is 0 Å². The number of piperidine rings is 1. The topological polar surface area (TPSA) is 91.0 Å². The number of rotatable bonds is 4. The van der Waals surface area contributed by atoms with Crippen molar-refractivity contribution in [1.82, 2.24) is 10.2 Å². The molecule has 1 amide bonds. The molecule has 0 radical (unpaired) electrons. The molecule has 4 N–H and O–H groups in total. The molecule has 0 aromatic rings. The lowest BCUT2D eigenvalue weighted by Crippen LogP contribution is -2.47. The average Bonchev–Trinajstić information content (AvgIpc) is 3.23. The molecule has 0 spiro atoms. The van der Waals surface area contributed by atoms with Gasteiger partial charge in [-0.25, -0.2) is 0 Å². The normalized spacial score (nSPS) is 34.3. The van der Waals surface area contributed by atoms with Crippen LogP contribution in [0.2, 0.25) is 0 Å². The molecular weight excluding hydrogens is 268 g/mol. The number of fused-ring (bicyclic) bond motifs is 1. The van der Waals surface area contributed by atoms with E-state index in [0.717, 1.165) is 25.9 Å². The summed E-state index contributed by atoms with van der Waals surface area (Å²) < 4.78 is 0. The number of nitrogens with one attached hydrogen (secondary N) is 1. The van der Waals surface area contributed by atoms with Crippen molar-refractivity contribution in [2.24, 2.45) is 28.6 Å². The molecule has 0 aromatic carbocycles. The lowest BCUT2D eigenvalue weighted by molar-refractivity contribution is -0.123. The molecule has 6 nitrogen and oxygen atoms in total. The Morgan fingerprint density at radius 2 is 1.81 bits per heavy atom. The van der Waals surface area contributed by atoms with Crippen LogP contribution in [-0.4, -0.2) is 47.5 Å². The second kappa shape index (κ2) is 6.22. The number of nitrogens with zero attached hydrogens (tertiary/aromatic N) is 2. The van der Waals surface area contributed by atoms with Crippen LogP contribution in [-0.2, 0) is 4.79 Å². The molecule has 1 aliphatic heterocycles. The van der Waals surface area contributed by atoms with Crippen molar-refractivity contribution in [3.63, 3.8) is 0 Å². The quantitative estimate of drug-likeness (QED) is 0.309. The monoisotopic (exact) mass is 294 g/mol. The van der Waals surface area contributed by atoms with Crippen LogP contribution >= 0.6 is 0 Å². The smallest absolute Gasteiger partial charge is 0.223 e. The highest BCUT2D eigenvalue weighted by atomic mass is 16.4. The van der Waals surface area contributed by atoms with Crippen LogP contribution in [0.1, 0.15) is 38.5 Å². The molecule has 3 rings (SSSR count). The maximum atomic E-state index is 12.3. The molecule has 2 unspecified atom stereocenters. The Bertz CT molecular complexity index is 406. The highest BCUT2D eigenvalue weighted by Crippen LogP contribution is 2.55. The van der Waals surface area contributed by atoms with E-state index in [1.807, 2.05) is 0 Å². The average molecular weight is 294 g/mol. The number of hydrogen-bond donors (Lipinski definition) is 3. The number of hydrogen-bond acceptors (Lipinski definition) is 4. The van der Waals surface area contributed by atoms with Gasteiger partial charge in [0.05, 0.1) is 6.54 Å². The van der Waals surface area contributed by atoms with Gasteiger partial charge in [-0.3, -0.25) is 9.69 Å². The number of oxime groups is 1. The van der Waals surface area contributed by atoms with Gasteiger partial charge in [-0.15, -0.1) is 0 Å². The van der Waals surface area contributed by atoms with E-state index in [9.17, 15) is 4.79 Å². The Labute approximate surface area is 125 Å². The van der Waals surface area contributed by atoms with Gasteiger partial charge < -0.3 is 16.3 Å². The summed E-state index contributed by atoms with van der Waals surface area (Å²) in [7, 11) is 0. The first-order chi connectivity index (χ1) is 10.2. The van der Waals surface area contributed by atoms with Crippen molar-refractivity contribution in [2.45, 2.75) is 44.6 Å². The van der Waals surface area contributed by atoms with Gasteiger partial charge in [0.15, 0.2) is 5.84 Å². The molecule has 2 aliphatic carbocycles. The molecule has 3 fully saturated rings. The van der Waals surface area contributed by atoms with Crippen molar-refractivity contribution >= 4 is 11.7 Å². The number of carbonyl (C=O) groups is 1. The number of nitrogens with two attached hydrogens (primary N) is 1. The summed E-state index contributed by atoms with van der Waals surface area (Å²) in [6.45, 7) is 2.28. The third-order valence-corrected chi connectivity index (χ3v) is 5.41. The zero-order chi connectivity index (χ0) is 14.8. The summed E-state index contributed by atoms with van der Waals surface area (Å²) in [6, 6.07) is 0.295. The van der Waals surface area contributed by atoms with E-state index in [-0.39, 0.29) is 5.84 Å². The Hall–Kier alpha value is -1.30.